The second kappa shape index (κ2) is 5.53. The first-order chi connectivity index (χ1) is 9.09. The number of hydrogen-bond donors (Lipinski definition) is 0. The number of esters is 1. The van der Waals surface area contributed by atoms with Crippen LogP contribution in [-0.4, -0.2) is 5.97 Å². The lowest BCUT2D eigenvalue weighted by Gasteiger charge is -2.13. The van der Waals surface area contributed by atoms with Crippen molar-refractivity contribution in [2.45, 2.75) is 13.8 Å². The molecule has 0 radical (unpaired) electrons. The maximum atomic E-state index is 11.1. The molecule has 0 atom stereocenters. The molecule has 0 fully saturated rings. The standard InChI is InChI=1S/C17H16O2/c1-12-8-4-5-9-15(12)17-11-7-6-10-16(17)13(2)19-14(3)18/h4-11H,2H2,1,3H3. The first kappa shape index (κ1) is 13.1. The van der Waals surface area contributed by atoms with Crippen LogP contribution in [0.25, 0.3) is 16.9 Å². The molecule has 0 aliphatic heterocycles. The van der Waals surface area contributed by atoms with Crippen molar-refractivity contribution in [3.8, 4) is 11.1 Å². The third-order valence-corrected chi connectivity index (χ3v) is 2.93. The molecule has 0 saturated heterocycles. The maximum absolute atomic E-state index is 11.1. The molecular weight excluding hydrogens is 236 g/mol. The SMILES string of the molecule is C=C(OC(C)=O)c1ccccc1-c1ccccc1C. The summed E-state index contributed by atoms with van der Waals surface area (Å²) in [6, 6.07) is 15.9. The van der Waals surface area contributed by atoms with Crippen molar-refractivity contribution in [1.82, 2.24) is 0 Å². The lowest BCUT2D eigenvalue weighted by atomic mass is 9.95. The van der Waals surface area contributed by atoms with E-state index < -0.39 is 0 Å². The van der Waals surface area contributed by atoms with Crippen LogP contribution in [0, 0.1) is 6.92 Å². The molecule has 2 aromatic carbocycles. The van der Waals surface area contributed by atoms with Crippen molar-refractivity contribution in [1.29, 1.82) is 0 Å². The second-order valence-corrected chi connectivity index (χ2v) is 4.38. The van der Waals surface area contributed by atoms with Gasteiger partial charge in [-0.1, -0.05) is 55.1 Å². The van der Waals surface area contributed by atoms with Crippen LogP contribution in [0.1, 0.15) is 18.1 Å². The Kier molecular flexibility index (Phi) is 3.81. The van der Waals surface area contributed by atoms with Gasteiger partial charge in [0, 0.05) is 12.5 Å². The monoisotopic (exact) mass is 252 g/mol. The number of carbonyl (C=O) groups excluding carboxylic acids is 1. The van der Waals surface area contributed by atoms with Crippen LogP contribution >= 0.6 is 0 Å². The lowest BCUT2D eigenvalue weighted by Crippen LogP contribution is -1.99. The molecule has 2 heteroatoms. The zero-order valence-corrected chi connectivity index (χ0v) is 11.1. The van der Waals surface area contributed by atoms with Gasteiger partial charge in [0.15, 0.2) is 0 Å². The molecule has 0 spiro atoms. The third-order valence-electron chi connectivity index (χ3n) is 2.93. The van der Waals surface area contributed by atoms with E-state index in [1.165, 1.54) is 12.5 Å². The second-order valence-electron chi connectivity index (χ2n) is 4.38. The van der Waals surface area contributed by atoms with Crippen LogP contribution in [0.3, 0.4) is 0 Å². The van der Waals surface area contributed by atoms with Gasteiger partial charge in [-0.3, -0.25) is 4.79 Å². The Hall–Kier alpha value is -2.35. The summed E-state index contributed by atoms with van der Waals surface area (Å²) in [5.41, 5.74) is 4.15. The van der Waals surface area contributed by atoms with Gasteiger partial charge in [-0.2, -0.15) is 0 Å². The molecule has 0 unspecified atom stereocenters. The average molecular weight is 252 g/mol. The fraction of sp³-hybridized carbons (Fsp3) is 0.118. The van der Waals surface area contributed by atoms with Crippen molar-refractivity contribution >= 4 is 11.7 Å². The third kappa shape index (κ3) is 2.91. The van der Waals surface area contributed by atoms with Gasteiger partial charge in [-0.15, -0.1) is 0 Å². The summed E-state index contributed by atoms with van der Waals surface area (Å²) in [6.45, 7) is 7.27. The molecule has 0 aliphatic carbocycles. The average Bonchev–Trinajstić information content (AvgIpc) is 2.38. The minimum absolute atomic E-state index is 0.357. The Bertz CT molecular complexity index is 627. The van der Waals surface area contributed by atoms with Crippen LogP contribution < -0.4 is 0 Å². The van der Waals surface area contributed by atoms with E-state index in [9.17, 15) is 4.79 Å². The van der Waals surface area contributed by atoms with Crippen LogP contribution in [0.15, 0.2) is 55.1 Å². The quantitative estimate of drug-likeness (QED) is 0.604. The van der Waals surface area contributed by atoms with E-state index in [-0.39, 0.29) is 5.97 Å². The summed E-state index contributed by atoms with van der Waals surface area (Å²) >= 11 is 0. The van der Waals surface area contributed by atoms with Crippen molar-refractivity contribution in [3.05, 3.63) is 66.2 Å². The highest BCUT2D eigenvalue weighted by Gasteiger charge is 2.11. The van der Waals surface area contributed by atoms with Crippen molar-refractivity contribution < 1.29 is 9.53 Å². The van der Waals surface area contributed by atoms with E-state index >= 15 is 0 Å². The molecule has 2 rings (SSSR count). The Balaban J connectivity index is 2.51. The van der Waals surface area contributed by atoms with Gasteiger partial charge >= 0.3 is 5.97 Å². The van der Waals surface area contributed by atoms with E-state index in [2.05, 4.69) is 25.6 Å². The summed E-state index contributed by atoms with van der Waals surface area (Å²) < 4.78 is 5.10. The predicted molar refractivity (Wildman–Crippen MR) is 77.4 cm³/mol. The summed E-state index contributed by atoms with van der Waals surface area (Å²) in [5.74, 6) is 0.0240. The first-order valence-corrected chi connectivity index (χ1v) is 6.12. The van der Waals surface area contributed by atoms with Gasteiger partial charge in [0.1, 0.15) is 5.76 Å². The first-order valence-electron chi connectivity index (χ1n) is 6.12. The summed E-state index contributed by atoms with van der Waals surface area (Å²) in [7, 11) is 0. The molecular formula is C17H16O2. The topological polar surface area (TPSA) is 26.3 Å². The van der Waals surface area contributed by atoms with E-state index in [0.717, 1.165) is 16.7 Å². The number of rotatable bonds is 3. The summed E-state index contributed by atoms with van der Waals surface area (Å²) in [6.07, 6.45) is 0. The van der Waals surface area contributed by atoms with Gasteiger partial charge in [0.05, 0.1) is 0 Å². The largest absolute Gasteiger partial charge is 0.427 e. The van der Waals surface area contributed by atoms with Gasteiger partial charge < -0.3 is 4.74 Å². The molecule has 0 aliphatic rings. The molecule has 19 heavy (non-hydrogen) atoms. The Labute approximate surface area is 113 Å². The molecule has 0 heterocycles. The maximum Gasteiger partial charge on any atom is 0.308 e. The Morgan fingerprint density at radius 3 is 2.21 bits per heavy atom. The molecule has 0 aromatic heterocycles. The van der Waals surface area contributed by atoms with E-state index in [1.807, 2.05) is 36.4 Å². The number of aryl methyl sites for hydroxylation is 1. The van der Waals surface area contributed by atoms with Crippen molar-refractivity contribution in [2.24, 2.45) is 0 Å². The van der Waals surface area contributed by atoms with E-state index in [1.54, 1.807) is 0 Å². The van der Waals surface area contributed by atoms with Gasteiger partial charge in [-0.05, 0) is 23.6 Å². The van der Waals surface area contributed by atoms with Gasteiger partial charge in [-0.25, -0.2) is 0 Å². The van der Waals surface area contributed by atoms with Crippen molar-refractivity contribution in [2.75, 3.05) is 0 Å². The van der Waals surface area contributed by atoms with E-state index in [0.29, 0.717) is 5.76 Å². The fourth-order valence-corrected chi connectivity index (χ4v) is 2.06. The molecule has 0 bridgehead atoms. The van der Waals surface area contributed by atoms with Crippen LogP contribution in [0.4, 0.5) is 0 Å². The molecule has 2 aromatic rings. The number of ether oxygens (including phenoxy) is 1. The molecule has 2 nitrogen and oxygen atoms in total. The zero-order chi connectivity index (χ0) is 13.8. The van der Waals surface area contributed by atoms with Gasteiger partial charge in [0.2, 0.25) is 0 Å². The van der Waals surface area contributed by atoms with Crippen molar-refractivity contribution in [3.63, 3.8) is 0 Å². The van der Waals surface area contributed by atoms with Crippen LogP contribution in [0.2, 0.25) is 0 Å². The highest BCUT2D eigenvalue weighted by atomic mass is 16.5. The van der Waals surface area contributed by atoms with Gasteiger partial charge in [0.25, 0.3) is 0 Å². The normalized spacial score (nSPS) is 10.0. The number of carbonyl (C=O) groups is 1. The van der Waals surface area contributed by atoms with Crippen LogP contribution in [-0.2, 0) is 9.53 Å². The lowest BCUT2D eigenvalue weighted by molar-refractivity contribution is -0.134. The number of benzene rings is 2. The predicted octanol–water partition coefficient (Wildman–Crippen LogP) is 4.20. The minimum atomic E-state index is -0.357. The van der Waals surface area contributed by atoms with Crippen LogP contribution in [0.5, 0.6) is 0 Å². The summed E-state index contributed by atoms with van der Waals surface area (Å²) in [5, 5.41) is 0. The summed E-state index contributed by atoms with van der Waals surface area (Å²) in [4.78, 5) is 11.1. The zero-order valence-electron chi connectivity index (χ0n) is 11.1. The minimum Gasteiger partial charge on any atom is -0.427 e. The Morgan fingerprint density at radius 1 is 1.00 bits per heavy atom. The molecule has 0 N–H and O–H groups in total. The highest BCUT2D eigenvalue weighted by molar-refractivity contribution is 5.83. The highest BCUT2D eigenvalue weighted by Crippen LogP contribution is 2.30. The fourth-order valence-electron chi connectivity index (χ4n) is 2.06. The van der Waals surface area contributed by atoms with E-state index in [4.69, 9.17) is 4.74 Å². The molecule has 96 valence electrons. The molecule has 0 saturated carbocycles. The smallest absolute Gasteiger partial charge is 0.308 e. The molecule has 0 amide bonds. The Morgan fingerprint density at radius 2 is 1.58 bits per heavy atom. The number of hydrogen-bond acceptors (Lipinski definition) is 2.